The summed E-state index contributed by atoms with van der Waals surface area (Å²) in [4.78, 5) is 10.4. The minimum Gasteiger partial charge on any atom is -0.480 e. The van der Waals surface area contributed by atoms with Crippen molar-refractivity contribution >= 4 is 39.2 Å². The Hall–Kier alpha value is -1.04. The number of hydrogen-bond donors (Lipinski definition) is 3. The molecular formula is C12H17Cl2N3O6S. The minimum absolute atomic E-state index is 0.0734. The fraction of sp³-hybridized carbons (Fsp3) is 0.583. The monoisotopic (exact) mass is 401 g/mol. The van der Waals surface area contributed by atoms with Gasteiger partial charge < -0.3 is 15.3 Å². The Morgan fingerprint density at radius 3 is 2.42 bits per heavy atom. The van der Waals surface area contributed by atoms with E-state index >= 15 is 0 Å². The second kappa shape index (κ2) is 8.88. The van der Waals surface area contributed by atoms with Gasteiger partial charge in [0, 0.05) is 19.5 Å². The average molecular weight is 402 g/mol. The number of carbonyl (C=O) groups is 1. The summed E-state index contributed by atoms with van der Waals surface area (Å²) < 4.78 is 24.3. The Kier molecular flexibility index (Phi) is 7.77. The number of nitrogens with zero attached hydrogens (tertiary/aromatic N) is 3. The van der Waals surface area contributed by atoms with Crippen molar-refractivity contribution in [2.24, 2.45) is 10.2 Å². The van der Waals surface area contributed by atoms with Crippen molar-refractivity contribution in [3.05, 3.63) is 22.9 Å². The highest BCUT2D eigenvalue weighted by atomic mass is 35.5. The fourth-order valence-electron chi connectivity index (χ4n) is 1.88. The van der Waals surface area contributed by atoms with Gasteiger partial charge in [0.05, 0.1) is 18.2 Å². The molecule has 0 aromatic heterocycles. The molecule has 0 aromatic carbocycles. The Morgan fingerprint density at radius 1 is 1.33 bits per heavy atom. The molecule has 0 aliphatic heterocycles. The summed E-state index contributed by atoms with van der Waals surface area (Å²) in [5.41, 5.74) is -0.0734. The number of rotatable bonds is 9. The first-order valence-electron chi connectivity index (χ1n) is 6.76. The normalized spacial score (nSPS) is 21.9. The van der Waals surface area contributed by atoms with Crippen LogP contribution in [-0.2, 0) is 14.8 Å². The number of aliphatic hydroxyl groups is 2. The van der Waals surface area contributed by atoms with Crippen molar-refractivity contribution in [3.63, 3.8) is 0 Å². The standard InChI is InChI=1S/C12H17Cl2N3O6S/c13-9-1-2-12(14,7-10(9)16-15-8-11(20)21)24(22,23)17(3-5-18)4-6-19/h1,7,18-19H,2-6,8H2,(H,20,21). The highest BCUT2D eigenvalue weighted by molar-refractivity contribution is 7.92. The molecule has 12 heteroatoms. The number of allylic oxidation sites excluding steroid dienone is 2. The predicted octanol–water partition coefficient (Wildman–Crippen LogP) is 0.485. The maximum atomic E-state index is 12.7. The van der Waals surface area contributed by atoms with Gasteiger partial charge in [0.1, 0.15) is 5.70 Å². The van der Waals surface area contributed by atoms with Crippen molar-refractivity contribution in [1.29, 1.82) is 0 Å². The molecule has 1 atom stereocenters. The Morgan fingerprint density at radius 2 is 1.92 bits per heavy atom. The maximum Gasteiger partial charge on any atom is 0.327 e. The van der Waals surface area contributed by atoms with E-state index in [0.717, 1.165) is 10.4 Å². The molecule has 1 rings (SSSR count). The lowest BCUT2D eigenvalue weighted by atomic mass is 10.1. The third kappa shape index (κ3) is 4.98. The first-order chi connectivity index (χ1) is 11.2. The first kappa shape index (κ1) is 21.0. The molecule has 9 nitrogen and oxygen atoms in total. The zero-order chi connectivity index (χ0) is 18.4. The van der Waals surface area contributed by atoms with Gasteiger partial charge in [-0.3, -0.25) is 4.79 Å². The van der Waals surface area contributed by atoms with Crippen LogP contribution in [0.15, 0.2) is 33.1 Å². The zero-order valence-electron chi connectivity index (χ0n) is 12.5. The van der Waals surface area contributed by atoms with Crippen molar-refractivity contribution in [2.75, 3.05) is 32.8 Å². The van der Waals surface area contributed by atoms with Crippen LogP contribution in [0.1, 0.15) is 6.42 Å². The summed E-state index contributed by atoms with van der Waals surface area (Å²) in [6, 6.07) is 0. The third-order valence-electron chi connectivity index (χ3n) is 3.01. The smallest absolute Gasteiger partial charge is 0.327 e. The van der Waals surface area contributed by atoms with Gasteiger partial charge in [-0.1, -0.05) is 29.3 Å². The molecule has 0 saturated heterocycles. The highest BCUT2D eigenvalue weighted by Gasteiger charge is 2.45. The van der Waals surface area contributed by atoms with Crippen LogP contribution < -0.4 is 0 Å². The largest absolute Gasteiger partial charge is 0.480 e. The number of aliphatic carboxylic acids is 1. The molecule has 0 fully saturated rings. The number of carboxylic acids is 1. The second-order valence-electron chi connectivity index (χ2n) is 4.72. The lowest BCUT2D eigenvalue weighted by Gasteiger charge is -2.32. The van der Waals surface area contributed by atoms with Gasteiger partial charge in [0.2, 0.25) is 10.0 Å². The zero-order valence-corrected chi connectivity index (χ0v) is 14.8. The van der Waals surface area contributed by atoms with Gasteiger partial charge >= 0.3 is 5.97 Å². The van der Waals surface area contributed by atoms with Gasteiger partial charge in [-0.05, 0) is 6.08 Å². The van der Waals surface area contributed by atoms with Crippen LogP contribution in [0.2, 0.25) is 0 Å². The Labute approximate surface area is 148 Å². The number of carboxylic acid groups (broad SMARTS) is 1. The quantitative estimate of drug-likeness (QED) is 0.379. The van der Waals surface area contributed by atoms with E-state index in [1.54, 1.807) is 0 Å². The summed E-state index contributed by atoms with van der Waals surface area (Å²) in [6.45, 7) is -1.98. The van der Waals surface area contributed by atoms with Crippen molar-refractivity contribution < 1.29 is 28.5 Å². The SMILES string of the molecule is O=C(O)CN=NC1=CC(Cl)(S(=O)(=O)N(CCO)CCO)CC=C1Cl. The lowest BCUT2D eigenvalue weighted by molar-refractivity contribution is -0.135. The second-order valence-corrected chi connectivity index (χ2v) is 8.22. The molecule has 0 radical (unpaired) electrons. The molecule has 0 aromatic rings. The molecular weight excluding hydrogens is 385 g/mol. The molecule has 0 heterocycles. The predicted molar refractivity (Wildman–Crippen MR) is 87.2 cm³/mol. The fourth-order valence-corrected chi connectivity index (χ4v) is 4.15. The highest BCUT2D eigenvalue weighted by Crippen LogP contribution is 2.39. The van der Waals surface area contributed by atoms with E-state index in [1.807, 2.05) is 0 Å². The molecule has 136 valence electrons. The lowest BCUT2D eigenvalue weighted by Crippen LogP contribution is -2.46. The summed E-state index contributed by atoms with van der Waals surface area (Å²) in [6.07, 6.45) is 2.23. The summed E-state index contributed by atoms with van der Waals surface area (Å²) in [5, 5.41) is 33.6. The summed E-state index contributed by atoms with van der Waals surface area (Å²) >= 11 is 12.2. The van der Waals surface area contributed by atoms with Gasteiger partial charge in [-0.2, -0.15) is 14.5 Å². The maximum absolute atomic E-state index is 12.7. The molecule has 1 aliphatic carbocycles. The first-order valence-corrected chi connectivity index (χ1v) is 8.96. The van der Waals surface area contributed by atoms with Crippen molar-refractivity contribution in [1.82, 2.24) is 4.31 Å². The minimum atomic E-state index is -4.16. The van der Waals surface area contributed by atoms with Gasteiger partial charge in [-0.15, -0.1) is 0 Å². The molecule has 1 unspecified atom stereocenters. The molecule has 0 amide bonds. The van der Waals surface area contributed by atoms with Gasteiger partial charge in [0.15, 0.2) is 10.8 Å². The van der Waals surface area contributed by atoms with E-state index in [-0.39, 0.29) is 30.2 Å². The van der Waals surface area contributed by atoms with Crippen LogP contribution >= 0.6 is 23.2 Å². The van der Waals surface area contributed by atoms with E-state index in [1.165, 1.54) is 6.08 Å². The van der Waals surface area contributed by atoms with E-state index < -0.39 is 40.0 Å². The van der Waals surface area contributed by atoms with Crippen LogP contribution in [-0.4, -0.2) is 71.1 Å². The number of aliphatic hydroxyl groups excluding tert-OH is 2. The molecule has 3 N–H and O–H groups in total. The Bertz CT molecular complexity index is 658. The van der Waals surface area contributed by atoms with Crippen molar-refractivity contribution in [3.8, 4) is 0 Å². The van der Waals surface area contributed by atoms with Crippen LogP contribution in [0.25, 0.3) is 0 Å². The van der Waals surface area contributed by atoms with Gasteiger partial charge in [0.25, 0.3) is 0 Å². The topological polar surface area (TPSA) is 140 Å². The number of azo groups is 1. The number of sulfonamides is 1. The van der Waals surface area contributed by atoms with Crippen LogP contribution in [0, 0.1) is 0 Å². The van der Waals surface area contributed by atoms with Crippen LogP contribution in [0.3, 0.4) is 0 Å². The van der Waals surface area contributed by atoms with E-state index in [2.05, 4.69) is 10.2 Å². The molecule has 0 saturated carbocycles. The average Bonchev–Trinajstić information content (AvgIpc) is 2.50. The third-order valence-corrected chi connectivity index (χ3v) is 6.39. The Balaban J connectivity index is 3.18. The summed E-state index contributed by atoms with van der Waals surface area (Å²) in [7, 11) is -4.16. The molecule has 24 heavy (non-hydrogen) atoms. The van der Waals surface area contributed by atoms with E-state index in [0.29, 0.717) is 0 Å². The number of halogens is 2. The summed E-state index contributed by atoms with van der Waals surface area (Å²) in [5.74, 6) is -1.21. The van der Waals surface area contributed by atoms with Crippen molar-refractivity contribution in [2.45, 2.75) is 10.6 Å². The number of alkyl halides is 1. The van der Waals surface area contributed by atoms with Crippen LogP contribution in [0.4, 0.5) is 0 Å². The molecule has 1 aliphatic rings. The van der Waals surface area contributed by atoms with Gasteiger partial charge in [-0.25, -0.2) is 8.42 Å². The van der Waals surface area contributed by atoms with Crippen LogP contribution in [0.5, 0.6) is 0 Å². The number of hydrogen-bond acceptors (Lipinski definition) is 7. The molecule has 0 spiro atoms. The van der Waals surface area contributed by atoms with E-state index in [9.17, 15) is 13.2 Å². The van der Waals surface area contributed by atoms with E-state index in [4.69, 9.17) is 38.5 Å². The molecule has 0 bridgehead atoms.